The number of methoxy groups -OCH3 is 1. The van der Waals surface area contributed by atoms with Gasteiger partial charge in [-0.15, -0.1) is 11.8 Å². The summed E-state index contributed by atoms with van der Waals surface area (Å²) in [7, 11) is 1.57. The average Bonchev–Trinajstić information content (AvgIpc) is 2.98. The van der Waals surface area contributed by atoms with Gasteiger partial charge in [0.2, 0.25) is 0 Å². The molecule has 0 atom stereocenters. The normalized spacial score (nSPS) is 10.9. The molecule has 2 aromatic rings. The number of hydrogen-bond donors (Lipinski definition) is 1. The molecule has 1 aromatic carbocycles. The first-order valence-electron chi connectivity index (χ1n) is 6.37. The topological polar surface area (TPSA) is 59.7 Å². The van der Waals surface area contributed by atoms with Crippen molar-refractivity contribution in [2.75, 3.05) is 7.11 Å². The lowest BCUT2D eigenvalue weighted by molar-refractivity contribution is -0.131. The first-order chi connectivity index (χ1) is 10.2. The van der Waals surface area contributed by atoms with E-state index < -0.39 is 5.97 Å². The van der Waals surface area contributed by atoms with Gasteiger partial charge in [-0.2, -0.15) is 0 Å². The van der Waals surface area contributed by atoms with Crippen LogP contribution in [0.4, 0.5) is 0 Å². The lowest BCUT2D eigenvalue weighted by Gasteiger charge is -2.07. The third-order valence-electron chi connectivity index (χ3n) is 2.79. The highest BCUT2D eigenvalue weighted by atomic mass is 32.2. The van der Waals surface area contributed by atoms with E-state index in [1.807, 2.05) is 30.3 Å². The number of aliphatic carboxylic acids is 1. The van der Waals surface area contributed by atoms with Gasteiger partial charge in [-0.05, 0) is 35.9 Å². The van der Waals surface area contributed by atoms with Crippen molar-refractivity contribution in [3.05, 3.63) is 59.6 Å². The van der Waals surface area contributed by atoms with Crippen molar-refractivity contribution in [3.63, 3.8) is 0 Å². The highest BCUT2D eigenvalue weighted by molar-refractivity contribution is 7.97. The maximum atomic E-state index is 10.6. The minimum atomic E-state index is -0.977. The summed E-state index contributed by atoms with van der Waals surface area (Å²) in [5.41, 5.74) is 1.87. The maximum Gasteiger partial charge on any atom is 0.328 e. The number of ether oxygens (including phenoxy) is 1. The largest absolute Gasteiger partial charge is 0.496 e. The zero-order valence-electron chi connectivity index (χ0n) is 11.6. The summed E-state index contributed by atoms with van der Waals surface area (Å²) in [4.78, 5) is 10.6. The number of benzene rings is 1. The molecule has 1 aromatic heterocycles. The van der Waals surface area contributed by atoms with Gasteiger partial charge in [-0.25, -0.2) is 4.79 Å². The second-order valence-electron chi connectivity index (χ2n) is 4.32. The first-order valence-corrected chi connectivity index (χ1v) is 7.52. The molecule has 2 rings (SSSR count). The van der Waals surface area contributed by atoms with Gasteiger partial charge in [-0.3, -0.25) is 0 Å². The first kappa shape index (κ1) is 15.3. The average molecular weight is 304 g/mol. The molecule has 1 heterocycles. The summed E-state index contributed by atoms with van der Waals surface area (Å²) < 4.78 is 10.5. The van der Waals surface area contributed by atoms with E-state index in [4.69, 9.17) is 14.3 Å². The monoisotopic (exact) mass is 304 g/mol. The molecule has 21 heavy (non-hydrogen) atoms. The lowest BCUT2D eigenvalue weighted by atomic mass is 10.1. The highest BCUT2D eigenvalue weighted by Gasteiger charge is 2.04. The van der Waals surface area contributed by atoms with Gasteiger partial charge in [0.15, 0.2) is 0 Å². The fourth-order valence-corrected chi connectivity index (χ4v) is 2.71. The Labute approximate surface area is 127 Å². The third-order valence-corrected chi connectivity index (χ3v) is 3.82. The van der Waals surface area contributed by atoms with Crippen LogP contribution in [-0.4, -0.2) is 18.2 Å². The van der Waals surface area contributed by atoms with Crippen molar-refractivity contribution in [1.29, 1.82) is 0 Å². The van der Waals surface area contributed by atoms with Gasteiger partial charge in [0.05, 0.1) is 19.1 Å². The van der Waals surface area contributed by atoms with Gasteiger partial charge in [0.25, 0.3) is 0 Å². The van der Waals surface area contributed by atoms with Crippen LogP contribution in [0.5, 0.6) is 5.75 Å². The van der Waals surface area contributed by atoms with Crippen molar-refractivity contribution in [2.45, 2.75) is 11.5 Å². The van der Waals surface area contributed by atoms with Crippen molar-refractivity contribution < 1.29 is 19.1 Å². The van der Waals surface area contributed by atoms with Crippen LogP contribution in [0, 0.1) is 0 Å². The highest BCUT2D eigenvalue weighted by Crippen LogP contribution is 2.25. The molecule has 0 aliphatic carbocycles. The Hall–Kier alpha value is -2.14. The minimum Gasteiger partial charge on any atom is -0.496 e. The molecule has 0 amide bonds. The number of carboxylic acid groups (broad SMARTS) is 1. The van der Waals surface area contributed by atoms with E-state index >= 15 is 0 Å². The van der Waals surface area contributed by atoms with Crippen LogP contribution >= 0.6 is 11.8 Å². The van der Waals surface area contributed by atoms with Crippen LogP contribution in [0.1, 0.15) is 16.9 Å². The van der Waals surface area contributed by atoms with E-state index in [-0.39, 0.29) is 0 Å². The summed E-state index contributed by atoms with van der Waals surface area (Å²) in [5, 5.41) is 8.71. The summed E-state index contributed by atoms with van der Waals surface area (Å²) in [6.45, 7) is 0. The van der Waals surface area contributed by atoms with Gasteiger partial charge in [0.1, 0.15) is 11.5 Å². The van der Waals surface area contributed by atoms with Crippen LogP contribution in [0.15, 0.2) is 47.1 Å². The van der Waals surface area contributed by atoms with Crippen LogP contribution < -0.4 is 4.74 Å². The Bertz CT molecular complexity index is 617. The molecule has 0 fully saturated rings. The van der Waals surface area contributed by atoms with Gasteiger partial charge in [0, 0.05) is 17.4 Å². The second-order valence-corrected chi connectivity index (χ2v) is 5.31. The predicted molar refractivity (Wildman–Crippen MR) is 83.4 cm³/mol. The third kappa shape index (κ3) is 4.72. The molecule has 5 heteroatoms. The number of rotatable bonds is 7. The summed E-state index contributed by atoms with van der Waals surface area (Å²) >= 11 is 1.74. The maximum absolute atomic E-state index is 10.6. The molecule has 1 N–H and O–H groups in total. The Kier molecular flexibility index (Phi) is 5.51. The molecule has 0 saturated carbocycles. The van der Waals surface area contributed by atoms with E-state index in [2.05, 4.69) is 0 Å². The molecule has 110 valence electrons. The number of furan rings is 1. The lowest BCUT2D eigenvalue weighted by Crippen LogP contribution is -1.91. The van der Waals surface area contributed by atoms with E-state index in [1.54, 1.807) is 31.2 Å². The Morgan fingerprint density at radius 2 is 2.24 bits per heavy atom. The molecular weight excluding hydrogens is 288 g/mol. The van der Waals surface area contributed by atoms with E-state index in [1.165, 1.54) is 0 Å². The zero-order chi connectivity index (χ0) is 15.1. The van der Waals surface area contributed by atoms with E-state index in [0.717, 1.165) is 34.5 Å². The minimum absolute atomic E-state index is 0.660. The molecule has 0 spiro atoms. The molecule has 0 bridgehead atoms. The van der Waals surface area contributed by atoms with Crippen molar-refractivity contribution in [2.24, 2.45) is 0 Å². The molecule has 0 radical (unpaired) electrons. The van der Waals surface area contributed by atoms with Crippen LogP contribution in [0.3, 0.4) is 0 Å². The smallest absolute Gasteiger partial charge is 0.328 e. The van der Waals surface area contributed by atoms with E-state index in [9.17, 15) is 4.79 Å². The number of hydrogen-bond acceptors (Lipinski definition) is 4. The summed E-state index contributed by atoms with van der Waals surface area (Å²) in [6, 6.07) is 9.59. The molecule has 0 aliphatic rings. The molecule has 0 unspecified atom stereocenters. The van der Waals surface area contributed by atoms with Crippen molar-refractivity contribution in [1.82, 2.24) is 0 Å². The van der Waals surface area contributed by atoms with Crippen molar-refractivity contribution in [3.8, 4) is 5.75 Å². The number of thioether (sulfide) groups is 1. The zero-order valence-corrected chi connectivity index (χ0v) is 12.4. The van der Waals surface area contributed by atoms with Crippen molar-refractivity contribution >= 4 is 23.8 Å². The fourth-order valence-electron chi connectivity index (χ4n) is 1.83. The molecule has 0 saturated heterocycles. The van der Waals surface area contributed by atoms with E-state index in [0.29, 0.717) is 5.75 Å². The number of carbonyl (C=O) groups is 1. The molecular formula is C16H16O4S. The van der Waals surface area contributed by atoms with Crippen LogP contribution in [0.2, 0.25) is 0 Å². The summed E-state index contributed by atoms with van der Waals surface area (Å²) in [6.07, 6.45) is 4.32. The van der Waals surface area contributed by atoms with Gasteiger partial charge in [-0.1, -0.05) is 6.07 Å². The predicted octanol–water partition coefficient (Wildman–Crippen LogP) is 3.82. The SMILES string of the molecule is COc1ccc(CSCc2ccco2)cc1C=CC(=O)O. The Morgan fingerprint density at radius 1 is 1.38 bits per heavy atom. The Morgan fingerprint density at radius 3 is 2.90 bits per heavy atom. The standard InChI is InChI=1S/C16H16O4S/c1-19-15-6-4-12(9-13(15)5-7-16(17)18)10-21-11-14-3-2-8-20-14/h2-9H,10-11H2,1H3,(H,17,18). The quantitative estimate of drug-likeness (QED) is 0.788. The van der Waals surface area contributed by atoms with Gasteiger partial charge >= 0.3 is 5.97 Å². The van der Waals surface area contributed by atoms with Gasteiger partial charge < -0.3 is 14.3 Å². The van der Waals surface area contributed by atoms with Crippen LogP contribution in [0.25, 0.3) is 6.08 Å². The van der Waals surface area contributed by atoms with Crippen LogP contribution in [-0.2, 0) is 16.3 Å². The number of carboxylic acids is 1. The second kappa shape index (κ2) is 7.59. The molecule has 4 nitrogen and oxygen atoms in total. The summed E-state index contributed by atoms with van der Waals surface area (Å²) in [5.74, 6) is 2.25. The fraction of sp³-hybridized carbons (Fsp3) is 0.188. The molecule has 0 aliphatic heterocycles. The Balaban J connectivity index is 2.02.